The van der Waals surface area contributed by atoms with Gasteiger partial charge < -0.3 is 26.2 Å². The molecule has 0 aromatic carbocycles. The molecule has 3 fully saturated rings. The van der Waals surface area contributed by atoms with E-state index >= 15 is 0 Å². The first-order chi connectivity index (χ1) is 23.5. The van der Waals surface area contributed by atoms with Crippen molar-refractivity contribution in [1.82, 2.24) is 35.4 Å². The van der Waals surface area contributed by atoms with Gasteiger partial charge in [0.15, 0.2) is 0 Å². The third-order valence-corrected chi connectivity index (χ3v) is 8.42. The number of anilines is 2. The highest BCUT2D eigenvalue weighted by Crippen LogP contribution is 2.25. The quantitative estimate of drug-likeness (QED) is 0.198. The van der Waals surface area contributed by atoms with Crippen LogP contribution in [0.5, 0.6) is 0 Å². The molecule has 48 heavy (non-hydrogen) atoms. The predicted molar refractivity (Wildman–Crippen MR) is 208 cm³/mol. The van der Waals surface area contributed by atoms with Gasteiger partial charge in [0, 0.05) is 75.2 Å². The average Bonchev–Trinajstić information content (AvgIpc) is 3.13. The van der Waals surface area contributed by atoms with Crippen LogP contribution in [0, 0.1) is 0 Å². The van der Waals surface area contributed by atoms with E-state index in [2.05, 4.69) is 78.5 Å². The fourth-order valence-corrected chi connectivity index (χ4v) is 5.98. The molecule has 2 aliphatic heterocycles. The second kappa shape index (κ2) is 27.8. The second-order valence-corrected chi connectivity index (χ2v) is 12.1. The Morgan fingerprint density at radius 1 is 0.896 bits per heavy atom. The summed E-state index contributed by atoms with van der Waals surface area (Å²) in [6.45, 7) is 25.0. The lowest BCUT2D eigenvalue weighted by Crippen LogP contribution is -2.50. The van der Waals surface area contributed by atoms with Crippen LogP contribution < -0.4 is 21.3 Å². The molecule has 2 aromatic heterocycles. The summed E-state index contributed by atoms with van der Waals surface area (Å²) < 4.78 is 0. The standard InChI is InChI=1S/C14H23N5.C11H17N3.C9H18N2.2C2H6/c1-6-16-14(17-7-1)18-12-2-4-13(5-3-12)19-10-8-15-9-11-19;1-14-8-5-10(6-9-14)13-11-4-2-3-7-12-11;1-5-7-8(3)11-9(4)10-6-2;2*1-2/h1,6-7,12-13,15H,2-5,8-11H2,(H,16,17,18);2-4,7,10H,5-6,8-9H2,1H3,(H,12,13);6,8,11H,4-5,7H2,1-3H3;2*1-2H3/b;;10-6-;;. The van der Waals surface area contributed by atoms with Crippen LogP contribution in [0.4, 0.5) is 11.8 Å². The number of likely N-dealkylation sites (tertiary alicyclic amines) is 1. The molecule has 1 aliphatic carbocycles. The van der Waals surface area contributed by atoms with Crippen molar-refractivity contribution in [2.75, 3.05) is 56.9 Å². The molecule has 5 rings (SSSR count). The molecule has 1 unspecified atom stereocenters. The Hall–Kier alpha value is -3.08. The van der Waals surface area contributed by atoms with Gasteiger partial charge in [0.25, 0.3) is 0 Å². The number of nitrogens with zero attached hydrogens (tertiary/aromatic N) is 6. The van der Waals surface area contributed by atoms with Gasteiger partial charge in [-0.3, -0.25) is 4.90 Å². The minimum Gasteiger partial charge on any atom is -0.368 e. The minimum atomic E-state index is 0.483. The van der Waals surface area contributed by atoms with Crippen LogP contribution in [0.3, 0.4) is 0 Å². The van der Waals surface area contributed by atoms with Crippen LogP contribution in [0.25, 0.3) is 0 Å². The van der Waals surface area contributed by atoms with Crippen LogP contribution in [-0.2, 0) is 0 Å². The van der Waals surface area contributed by atoms with E-state index in [1.807, 2.05) is 65.1 Å². The molecule has 272 valence electrons. The van der Waals surface area contributed by atoms with Crippen LogP contribution in [0.1, 0.15) is 99.8 Å². The van der Waals surface area contributed by atoms with Crippen LogP contribution in [0.15, 0.2) is 60.2 Å². The van der Waals surface area contributed by atoms with E-state index in [1.165, 1.54) is 71.1 Å². The number of aromatic nitrogens is 3. The average molecular weight is 667 g/mol. The third kappa shape index (κ3) is 19.1. The topological polar surface area (TPSA) is 106 Å². The monoisotopic (exact) mass is 667 g/mol. The number of pyridine rings is 1. The van der Waals surface area contributed by atoms with Crippen molar-refractivity contribution in [3.05, 3.63) is 55.3 Å². The molecule has 1 atom stereocenters. The van der Waals surface area contributed by atoms with E-state index in [0.717, 1.165) is 43.1 Å². The Balaban J connectivity index is 0.000000355. The summed E-state index contributed by atoms with van der Waals surface area (Å²) >= 11 is 0. The summed E-state index contributed by atoms with van der Waals surface area (Å²) in [6, 6.07) is 10.3. The van der Waals surface area contributed by atoms with Gasteiger partial charge in [0.2, 0.25) is 5.95 Å². The molecule has 0 radical (unpaired) electrons. The van der Waals surface area contributed by atoms with Crippen molar-refractivity contribution in [3.8, 4) is 0 Å². The zero-order valence-corrected chi connectivity index (χ0v) is 31.7. The van der Waals surface area contributed by atoms with Crippen molar-refractivity contribution in [2.45, 2.75) is 124 Å². The molecule has 3 aliphatic rings. The molecule has 4 heterocycles. The number of piperazine rings is 1. The smallest absolute Gasteiger partial charge is 0.222 e. The first kappa shape index (κ1) is 42.9. The number of piperidine rings is 1. The maximum atomic E-state index is 4.27. The first-order valence-corrected chi connectivity index (χ1v) is 18.7. The van der Waals surface area contributed by atoms with E-state index in [0.29, 0.717) is 18.1 Å². The van der Waals surface area contributed by atoms with Gasteiger partial charge in [-0.25, -0.2) is 19.9 Å². The second-order valence-electron chi connectivity index (χ2n) is 12.1. The van der Waals surface area contributed by atoms with E-state index in [1.54, 1.807) is 18.6 Å². The number of rotatable bonds is 10. The molecule has 1 saturated carbocycles. The molecule has 0 spiro atoms. The molecular formula is C38H70N10. The molecule has 10 heteroatoms. The molecule has 10 nitrogen and oxygen atoms in total. The van der Waals surface area contributed by atoms with Gasteiger partial charge >= 0.3 is 0 Å². The SMILES string of the molecule is C=C(/N=C\C)NC(C)CCC.CC.CC.CN1CCC(Nc2ccccn2)CC1.c1cnc(NC2CCC(N3CCNCC3)CC2)nc1. The van der Waals surface area contributed by atoms with Gasteiger partial charge in [-0.15, -0.1) is 0 Å². The Morgan fingerprint density at radius 2 is 1.50 bits per heavy atom. The highest BCUT2D eigenvalue weighted by atomic mass is 15.2. The highest BCUT2D eigenvalue weighted by Gasteiger charge is 2.26. The van der Waals surface area contributed by atoms with Gasteiger partial charge in [-0.05, 0) is 97.1 Å². The molecule has 0 bridgehead atoms. The van der Waals surface area contributed by atoms with Crippen molar-refractivity contribution in [1.29, 1.82) is 0 Å². The molecule has 4 N–H and O–H groups in total. The fraction of sp³-hybridized carbons (Fsp3) is 0.684. The summed E-state index contributed by atoms with van der Waals surface area (Å²) in [5.74, 6) is 2.53. The Bertz CT molecular complexity index is 1030. The molecule has 2 aromatic rings. The largest absolute Gasteiger partial charge is 0.368 e. The summed E-state index contributed by atoms with van der Waals surface area (Å²) in [4.78, 5) is 21.8. The minimum absolute atomic E-state index is 0.483. The lowest BCUT2D eigenvalue weighted by Gasteiger charge is -2.39. The maximum absolute atomic E-state index is 4.27. The van der Waals surface area contributed by atoms with Crippen molar-refractivity contribution in [3.63, 3.8) is 0 Å². The predicted octanol–water partition coefficient (Wildman–Crippen LogP) is 7.07. The van der Waals surface area contributed by atoms with E-state index in [9.17, 15) is 0 Å². The number of hydrogen-bond acceptors (Lipinski definition) is 10. The molecule has 2 saturated heterocycles. The zero-order chi connectivity index (χ0) is 35.4. The fourth-order valence-electron chi connectivity index (χ4n) is 5.98. The van der Waals surface area contributed by atoms with Crippen molar-refractivity contribution < 1.29 is 0 Å². The lowest BCUT2D eigenvalue weighted by molar-refractivity contribution is 0.135. The van der Waals surface area contributed by atoms with Crippen LogP contribution in [-0.4, -0.2) is 101 Å². The van der Waals surface area contributed by atoms with Crippen LogP contribution >= 0.6 is 0 Å². The van der Waals surface area contributed by atoms with Gasteiger partial charge in [0.05, 0.1) is 0 Å². The van der Waals surface area contributed by atoms with Crippen molar-refractivity contribution in [2.24, 2.45) is 4.99 Å². The maximum Gasteiger partial charge on any atom is 0.222 e. The normalized spacial score (nSPS) is 20.5. The number of nitrogens with one attached hydrogen (secondary N) is 4. The third-order valence-electron chi connectivity index (χ3n) is 8.42. The first-order valence-electron chi connectivity index (χ1n) is 18.7. The van der Waals surface area contributed by atoms with Crippen molar-refractivity contribution >= 4 is 18.0 Å². The zero-order valence-electron chi connectivity index (χ0n) is 31.7. The summed E-state index contributed by atoms with van der Waals surface area (Å²) in [7, 11) is 2.18. The molecule has 0 amide bonds. The lowest BCUT2D eigenvalue weighted by atomic mass is 9.90. The highest BCUT2D eigenvalue weighted by molar-refractivity contribution is 5.54. The summed E-state index contributed by atoms with van der Waals surface area (Å²) in [5.41, 5.74) is 0. The van der Waals surface area contributed by atoms with E-state index in [-0.39, 0.29) is 0 Å². The Labute approximate surface area is 294 Å². The Morgan fingerprint density at radius 3 is 2.06 bits per heavy atom. The number of aliphatic imine (C=N–C) groups is 1. The molecular weight excluding hydrogens is 596 g/mol. The van der Waals surface area contributed by atoms with Gasteiger partial charge in [-0.2, -0.15) is 0 Å². The Kier molecular flexibility index (Phi) is 24.9. The van der Waals surface area contributed by atoms with E-state index < -0.39 is 0 Å². The summed E-state index contributed by atoms with van der Waals surface area (Å²) in [6.07, 6.45) is 17.0. The van der Waals surface area contributed by atoms with Gasteiger partial charge in [-0.1, -0.05) is 53.7 Å². The van der Waals surface area contributed by atoms with Crippen LogP contribution in [0.2, 0.25) is 0 Å². The summed E-state index contributed by atoms with van der Waals surface area (Å²) in [5, 5.41) is 13.5. The van der Waals surface area contributed by atoms with E-state index in [4.69, 9.17) is 0 Å². The number of hydrogen-bond donors (Lipinski definition) is 4. The van der Waals surface area contributed by atoms with Gasteiger partial charge in [0.1, 0.15) is 11.6 Å².